The van der Waals surface area contributed by atoms with Crippen LogP contribution in [-0.4, -0.2) is 21.5 Å². The van der Waals surface area contributed by atoms with Gasteiger partial charge in [-0.2, -0.15) is 0 Å². The SMILES string of the molecule is O=S(=O)(NCc1ccc(N2CCCCC2)cc1)c1ccc(Br)s1. The van der Waals surface area contributed by atoms with Gasteiger partial charge in [0.05, 0.1) is 3.79 Å². The maximum absolute atomic E-state index is 12.2. The normalized spacial score (nSPS) is 15.8. The van der Waals surface area contributed by atoms with Crippen molar-refractivity contribution in [3.63, 3.8) is 0 Å². The maximum Gasteiger partial charge on any atom is 0.250 e. The molecule has 2 heterocycles. The molecule has 1 aliphatic heterocycles. The lowest BCUT2D eigenvalue weighted by Crippen LogP contribution is -2.29. The highest BCUT2D eigenvalue weighted by atomic mass is 79.9. The number of benzene rings is 1. The van der Waals surface area contributed by atoms with Gasteiger partial charge in [-0.1, -0.05) is 12.1 Å². The summed E-state index contributed by atoms with van der Waals surface area (Å²) in [5, 5.41) is 0. The molecule has 4 nitrogen and oxygen atoms in total. The molecule has 2 aromatic rings. The number of nitrogens with one attached hydrogen (secondary N) is 1. The highest BCUT2D eigenvalue weighted by Crippen LogP contribution is 2.26. The minimum Gasteiger partial charge on any atom is -0.372 e. The molecule has 0 spiro atoms. The van der Waals surface area contributed by atoms with Gasteiger partial charge in [-0.15, -0.1) is 11.3 Å². The average molecular weight is 415 g/mol. The first kappa shape index (κ1) is 17.0. The summed E-state index contributed by atoms with van der Waals surface area (Å²) in [5.74, 6) is 0. The van der Waals surface area contributed by atoms with E-state index in [1.54, 1.807) is 12.1 Å². The van der Waals surface area contributed by atoms with Crippen molar-refractivity contribution in [1.82, 2.24) is 4.72 Å². The first-order chi connectivity index (χ1) is 11.0. The molecule has 0 unspecified atom stereocenters. The van der Waals surface area contributed by atoms with Crippen LogP contribution >= 0.6 is 27.3 Å². The fourth-order valence-electron chi connectivity index (χ4n) is 2.67. The molecule has 1 aliphatic rings. The molecule has 1 aromatic heterocycles. The number of halogens is 1. The minimum absolute atomic E-state index is 0.304. The summed E-state index contributed by atoms with van der Waals surface area (Å²) in [6.07, 6.45) is 3.81. The smallest absolute Gasteiger partial charge is 0.250 e. The van der Waals surface area contributed by atoms with Crippen molar-refractivity contribution in [2.24, 2.45) is 0 Å². The van der Waals surface area contributed by atoms with Crippen LogP contribution < -0.4 is 9.62 Å². The molecule has 0 aliphatic carbocycles. The molecule has 0 radical (unpaired) electrons. The zero-order valence-electron chi connectivity index (χ0n) is 12.7. The lowest BCUT2D eigenvalue weighted by molar-refractivity contribution is 0.577. The van der Waals surface area contributed by atoms with E-state index in [-0.39, 0.29) is 0 Å². The van der Waals surface area contributed by atoms with Crippen LogP contribution in [-0.2, 0) is 16.6 Å². The van der Waals surface area contributed by atoms with Crippen molar-refractivity contribution in [1.29, 1.82) is 0 Å². The van der Waals surface area contributed by atoms with Crippen LogP contribution in [0.1, 0.15) is 24.8 Å². The lowest BCUT2D eigenvalue weighted by Gasteiger charge is -2.28. The molecular weight excluding hydrogens is 396 g/mol. The molecule has 1 fully saturated rings. The van der Waals surface area contributed by atoms with Gasteiger partial charge in [0, 0.05) is 25.3 Å². The molecule has 0 saturated carbocycles. The van der Waals surface area contributed by atoms with Gasteiger partial charge in [0.25, 0.3) is 0 Å². The van der Waals surface area contributed by atoms with Crippen molar-refractivity contribution < 1.29 is 8.42 Å². The van der Waals surface area contributed by atoms with Crippen molar-refractivity contribution in [3.05, 3.63) is 45.7 Å². The number of rotatable bonds is 5. The second-order valence-corrected chi connectivity index (χ2v) is 10.1. The van der Waals surface area contributed by atoms with Crippen molar-refractivity contribution in [3.8, 4) is 0 Å². The van der Waals surface area contributed by atoms with Gasteiger partial charge >= 0.3 is 0 Å². The summed E-state index contributed by atoms with van der Waals surface area (Å²) in [5.41, 5.74) is 2.18. The van der Waals surface area contributed by atoms with E-state index in [1.807, 2.05) is 12.1 Å². The van der Waals surface area contributed by atoms with Crippen molar-refractivity contribution in [2.45, 2.75) is 30.0 Å². The molecule has 124 valence electrons. The number of hydrogen-bond donors (Lipinski definition) is 1. The van der Waals surface area contributed by atoms with Crippen LogP contribution in [0, 0.1) is 0 Å². The number of nitrogens with zero attached hydrogens (tertiary/aromatic N) is 1. The van der Waals surface area contributed by atoms with E-state index < -0.39 is 10.0 Å². The largest absolute Gasteiger partial charge is 0.372 e. The molecular formula is C16H19BrN2O2S2. The maximum atomic E-state index is 12.2. The minimum atomic E-state index is -3.44. The highest BCUT2D eigenvalue weighted by Gasteiger charge is 2.16. The second-order valence-electron chi connectivity index (χ2n) is 5.60. The first-order valence-corrected chi connectivity index (χ1v) is 10.7. The second kappa shape index (κ2) is 7.34. The molecule has 0 amide bonds. The van der Waals surface area contributed by atoms with Crippen LogP contribution in [0.5, 0.6) is 0 Å². The fourth-order valence-corrected chi connectivity index (χ4v) is 5.74. The Balaban J connectivity index is 1.62. The molecule has 0 bridgehead atoms. The van der Waals surface area contributed by atoms with Crippen LogP contribution in [0.15, 0.2) is 44.4 Å². The molecule has 3 rings (SSSR count). The molecule has 23 heavy (non-hydrogen) atoms. The standard InChI is InChI=1S/C16H19BrN2O2S2/c17-15-8-9-16(22-15)23(20,21)18-12-13-4-6-14(7-5-13)19-10-2-1-3-11-19/h4-9,18H,1-3,10-12H2. The third-order valence-corrected chi connectivity index (χ3v) is 7.45. The topological polar surface area (TPSA) is 49.4 Å². The summed E-state index contributed by atoms with van der Waals surface area (Å²) in [4.78, 5) is 2.39. The summed E-state index contributed by atoms with van der Waals surface area (Å²) in [6.45, 7) is 2.52. The van der Waals surface area contributed by atoms with Crippen LogP contribution in [0.4, 0.5) is 5.69 Å². The zero-order chi connectivity index (χ0) is 16.3. The van der Waals surface area contributed by atoms with E-state index in [2.05, 4.69) is 37.7 Å². The van der Waals surface area contributed by atoms with Gasteiger partial charge in [0.1, 0.15) is 4.21 Å². The lowest BCUT2D eigenvalue weighted by atomic mass is 10.1. The van der Waals surface area contributed by atoms with Gasteiger partial charge in [-0.25, -0.2) is 13.1 Å². The summed E-state index contributed by atoms with van der Waals surface area (Å²) < 4.78 is 28.2. The fraction of sp³-hybridized carbons (Fsp3) is 0.375. The van der Waals surface area contributed by atoms with Gasteiger partial charge in [-0.3, -0.25) is 0 Å². The molecule has 0 atom stereocenters. The Morgan fingerprint density at radius 2 is 1.74 bits per heavy atom. The number of sulfonamides is 1. The van der Waals surface area contributed by atoms with Crippen LogP contribution in [0.25, 0.3) is 0 Å². The summed E-state index contributed by atoms with van der Waals surface area (Å²) in [6, 6.07) is 11.5. The molecule has 1 N–H and O–H groups in total. The average Bonchev–Trinajstić information content (AvgIpc) is 3.02. The highest BCUT2D eigenvalue weighted by molar-refractivity contribution is 9.11. The Morgan fingerprint density at radius 3 is 2.35 bits per heavy atom. The van der Waals surface area contributed by atoms with Gasteiger partial charge in [0.15, 0.2) is 0 Å². The van der Waals surface area contributed by atoms with E-state index in [4.69, 9.17) is 0 Å². The Bertz CT molecular complexity index is 751. The van der Waals surface area contributed by atoms with E-state index in [1.165, 1.54) is 36.3 Å². The van der Waals surface area contributed by atoms with Gasteiger partial charge < -0.3 is 4.90 Å². The van der Waals surface area contributed by atoms with Gasteiger partial charge in [0.2, 0.25) is 10.0 Å². The Labute approximate surface area is 149 Å². The summed E-state index contributed by atoms with van der Waals surface area (Å²) in [7, 11) is -3.44. The quantitative estimate of drug-likeness (QED) is 0.804. The van der Waals surface area contributed by atoms with E-state index in [0.717, 1.165) is 22.4 Å². The third kappa shape index (κ3) is 4.35. The third-order valence-electron chi connectivity index (χ3n) is 3.94. The van der Waals surface area contributed by atoms with Crippen LogP contribution in [0.2, 0.25) is 0 Å². The Morgan fingerprint density at radius 1 is 1.04 bits per heavy atom. The first-order valence-electron chi connectivity index (χ1n) is 7.63. The Hall–Kier alpha value is -0.890. The predicted octanol–water partition coefficient (Wildman–Crippen LogP) is 3.98. The van der Waals surface area contributed by atoms with E-state index >= 15 is 0 Å². The van der Waals surface area contributed by atoms with E-state index in [9.17, 15) is 8.42 Å². The van der Waals surface area contributed by atoms with E-state index in [0.29, 0.717) is 10.8 Å². The summed E-state index contributed by atoms with van der Waals surface area (Å²) >= 11 is 4.50. The van der Waals surface area contributed by atoms with Crippen molar-refractivity contribution >= 4 is 43.0 Å². The number of hydrogen-bond acceptors (Lipinski definition) is 4. The number of anilines is 1. The number of thiophene rings is 1. The number of piperidine rings is 1. The Kier molecular flexibility index (Phi) is 5.41. The monoisotopic (exact) mass is 414 g/mol. The molecule has 1 aromatic carbocycles. The predicted molar refractivity (Wildman–Crippen MR) is 98.6 cm³/mol. The zero-order valence-corrected chi connectivity index (χ0v) is 15.9. The van der Waals surface area contributed by atoms with Crippen LogP contribution in [0.3, 0.4) is 0 Å². The van der Waals surface area contributed by atoms with Crippen molar-refractivity contribution in [2.75, 3.05) is 18.0 Å². The molecule has 7 heteroatoms. The molecule has 1 saturated heterocycles. The van der Waals surface area contributed by atoms with Gasteiger partial charge in [-0.05, 0) is 65.0 Å².